The van der Waals surface area contributed by atoms with Gasteiger partial charge in [-0.25, -0.2) is 0 Å². The van der Waals surface area contributed by atoms with E-state index in [2.05, 4.69) is 29.6 Å². The van der Waals surface area contributed by atoms with Gasteiger partial charge in [-0.3, -0.25) is 0 Å². The lowest BCUT2D eigenvalue weighted by molar-refractivity contribution is -0.135. The molecule has 0 aliphatic rings. The molecule has 0 amide bonds. The van der Waals surface area contributed by atoms with Gasteiger partial charge in [0.2, 0.25) is 0 Å². The number of fused-ring (bicyclic) bond motifs is 1. The molecule has 1 aromatic carbocycles. The van der Waals surface area contributed by atoms with E-state index < -0.39 is 12.6 Å². The van der Waals surface area contributed by atoms with Crippen molar-refractivity contribution in [3.8, 4) is 0 Å². The molecule has 2 rings (SSSR count). The molecule has 0 bridgehead atoms. The summed E-state index contributed by atoms with van der Waals surface area (Å²) in [6, 6.07) is 8.67. The minimum atomic E-state index is -3.98. The molecule has 22 heavy (non-hydrogen) atoms. The van der Waals surface area contributed by atoms with E-state index in [-0.39, 0.29) is 6.42 Å². The first-order valence-corrected chi connectivity index (χ1v) is 8.96. The van der Waals surface area contributed by atoms with Crippen LogP contribution in [0.4, 0.5) is 13.2 Å². The topological polar surface area (TPSA) is 0 Å². The normalized spacial score (nSPS) is 12.1. The van der Waals surface area contributed by atoms with Crippen LogP contribution in [-0.4, -0.2) is 6.18 Å². The molecule has 0 unspecified atom stereocenters. The highest BCUT2D eigenvalue weighted by molar-refractivity contribution is 7.17. The Balaban J connectivity index is 1.54. The smallest absolute Gasteiger partial charge is 0.171 e. The van der Waals surface area contributed by atoms with Crippen LogP contribution in [0, 0.1) is 0 Å². The molecule has 0 aliphatic heterocycles. The van der Waals surface area contributed by atoms with Crippen molar-refractivity contribution in [1.29, 1.82) is 0 Å². The first-order chi connectivity index (χ1) is 10.6. The molecule has 0 N–H and O–H groups in total. The van der Waals surface area contributed by atoms with Gasteiger partial charge in [0.1, 0.15) is 0 Å². The van der Waals surface area contributed by atoms with Crippen molar-refractivity contribution in [1.82, 2.24) is 0 Å². The molecule has 2 aromatic rings. The van der Waals surface area contributed by atoms with Gasteiger partial charge in [0.05, 0.1) is 0 Å². The van der Waals surface area contributed by atoms with E-state index in [1.54, 1.807) is 11.3 Å². The van der Waals surface area contributed by atoms with Crippen molar-refractivity contribution in [2.45, 2.75) is 64.0 Å². The van der Waals surface area contributed by atoms with E-state index >= 15 is 0 Å². The van der Waals surface area contributed by atoms with E-state index in [1.807, 2.05) is 0 Å². The Morgan fingerprint density at radius 1 is 0.818 bits per heavy atom. The Morgan fingerprint density at radius 3 is 2.23 bits per heavy atom. The van der Waals surface area contributed by atoms with Crippen LogP contribution in [0.3, 0.4) is 0 Å². The fourth-order valence-corrected chi connectivity index (χ4v) is 3.63. The summed E-state index contributed by atoms with van der Waals surface area (Å²) in [5, 5.41) is 3.51. The molecule has 0 radical (unpaired) electrons. The lowest BCUT2D eigenvalue weighted by atomic mass is 10.0. The maximum atomic E-state index is 12.0. The Morgan fingerprint density at radius 2 is 1.50 bits per heavy atom. The highest BCUT2D eigenvalue weighted by atomic mass is 32.1. The van der Waals surface area contributed by atoms with Gasteiger partial charge in [0.15, 0.2) is 0 Å². The quantitative estimate of drug-likeness (QED) is 0.430. The van der Waals surface area contributed by atoms with E-state index in [9.17, 15) is 13.2 Å². The SMILES string of the molecule is FC(F)(F)CCCCCCCCCc1cccc2sccc12. The molecule has 0 fully saturated rings. The number of alkyl halides is 3. The lowest BCUT2D eigenvalue weighted by Crippen LogP contribution is -2.06. The second-order valence-corrected chi connectivity index (χ2v) is 6.79. The number of aryl methyl sites for hydroxylation is 1. The molecule has 0 atom stereocenters. The molecular weight excluding hydrogens is 305 g/mol. The fraction of sp³-hybridized carbons (Fsp3) is 0.556. The summed E-state index contributed by atoms with van der Waals surface area (Å²) in [4.78, 5) is 0. The van der Waals surface area contributed by atoms with Crippen molar-refractivity contribution in [2.24, 2.45) is 0 Å². The first kappa shape index (κ1) is 17.3. The number of hydrogen-bond acceptors (Lipinski definition) is 1. The molecule has 4 heteroatoms. The molecule has 0 nitrogen and oxygen atoms in total. The molecule has 0 aliphatic carbocycles. The van der Waals surface area contributed by atoms with Crippen LogP contribution in [-0.2, 0) is 6.42 Å². The second-order valence-electron chi connectivity index (χ2n) is 5.84. The summed E-state index contributed by atoms with van der Waals surface area (Å²) in [6.07, 6.45) is 2.92. The van der Waals surface area contributed by atoms with Crippen molar-refractivity contribution >= 4 is 21.4 Å². The molecule has 122 valence electrons. The van der Waals surface area contributed by atoms with E-state index in [0.29, 0.717) is 6.42 Å². The van der Waals surface area contributed by atoms with Crippen molar-refractivity contribution in [3.63, 3.8) is 0 Å². The van der Waals surface area contributed by atoms with E-state index in [1.165, 1.54) is 22.1 Å². The third kappa shape index (κ3) is 5.99. The van der Waals surface area contributed by atoms with Gasteiger partial charge in [-0.2, -0.15) is 13.2 Å². The summed E-state index contributed by atoms with van der Waals surface area (Å²) in [6.45, 7) is 0. The molecule has 1 aromatic heterocycles. The maximum absolute atomic E-state index is 12.0. The summed E-state index contributed by atoms with van der Waals surface area (Å²) < 4.78 is 37.3. The fourth-order valence-electron chi connectivity index (χ4n) is 2.80. The van der Waals surface area contributed by atoms with Gasteiger partial charge in [-0.1, -0.05) is 44.2 Å². The zero-order valence-corrected chi connectivity index (χ0v) is 13.6. The van der Waals surface area contributed by atoms with Gasteiger partial charge in [-0.15, -0.1) is 11.3 Å². The number of thiophene rings is 1. The first-order valence-electron chi connectivity index (χ1n) is 8.08. The average molecular weight is 328 g/mol. The van der Waals surface area contributed by atoms with Gasteiger partial charge in [-0.05, 0) is 47.7 Å². The Bertz CT molecular complexity index is 557. The molecule has 0 saturated carbocycles. The highest BCUT2D eigenvalue weighted by Gasteiger charge is 2.25. The van der Waals surface area contributed by atoms with E-state index in [0.717, 1.165) is 32.1 Å². The van der Waals surface area contributed by atoms with Gasteiger partial charge in [0.25, 0.3) is 0 Å². The largest absolute Gasteiger partial charge is 0.389 e. The zero-order chi connectivity index (χ0) is 15.8. The van der Waals surface area contributed by atoms with Crippen molar-refractivity contribution in [3.05, 3.63) is 35.2 Å². The number of hydrogen-bond donors (Lipinski definition) is 0. The Labute approximate surface area is 134 Å². The second kappa shape index (κ2) is 8.56. The monoisotopic (exact) mass is 328 g/mol. The van der Waals surface area contributed by atoms with E-state index in [4.69, 9.17) is 0 Å². The van der Waals surface area contributed by atoms with Crippen molar-refractivity contribution in [2.75, 3.05) is 0 Å². The Hall–Kier alpha value is -1.03. The summed E-state index contributed by atoms with van der Waals surface area (Å²) in [7, 11) is 0. The third-order valence-corrected chi connectivity index (χ3v) is 4.87. The molecule has 1 heterocycles. The maximum Gasteiger partial charge on any atom is 0.389 e. The Kier molecular flexibility index (Phi) is 6.74. The summed E-state index contributed by atoms with van der Waals surface area (Å²) in [5.74, 6) is 0. The molecule has 0 spiro atoms. The van der Waals surface area contributed by atoms with Gasteiger partial charge in [0, 0.05) is 11.1 Å². The molecule has 0 saturated heterocycles. The number of rotatable bonds is 9. The third-order valence-electron chi connectivity index (χ3n) is 3.99. The van der Waals surface area contributed by atoms with Crippen molar-refractivity contribution < 1.29 is 13.2 Å². The van der Waals surface area contributed by atoms with Crippen LogP contribution >= 0.6 is 11.3 Å². The van der Waals surface area contributed by atoms with Crippen LogP contribution in [0.25, 0.3) is 10.1 Å². The van der Waals surface area contributed by atoms with Crippen LogP contribution in [0.1, 0.15) is 56.9 Å². The predicted molar refractivity (Wildman–Crippen MR) is 88.5 cm³/mol. The van der Waals surface area contributed by atoms with Crippen LogP contribution in [0.2, 0.25) is 0 Å². The standard InChI is InChI=1S/C18H23F3S/c19-18(20,21)13-7-5-3-1-2-4-6-9-15-10-8-11-17-16(15)12-14-22-17/h8,10-12,14H,1-7,9,13H2. The summed E-state index contributed by atoms with van der Waals surface area (Å²) in [5.41, 5.74) is 1.42. The minimum Gasteiger partial charge on any atom is -0.171 e. The van der Waals surface area contributed by atoms with Crippen LogP contribution < -0.4 is 0 Å². The average Bonchev–Trinajstić information content (AvgIpc) is 2.93. The number of benzene rings is 1. The predicted octanol–water partition coefficient (Wildman–Crippen LogP) is 7.13. The zero-order valence-electron chi connectivity index (χ0n) is 12.8. The highest BCUT2D eigenvalue weighted by Crippen LogP contribution is 2.26. The van der Waals surface area contributed by atoms with Crippen LogP contribution in [0.15, 0.2) is 29.6 Å². The number of halogens is 3. The van der Waals surface area contributed by atoms with Gasteiger partial charge < -0.3 is 0 Å². The minimum absolute atomic E-state index is 0.281. The van der Waals surface area contributed by atoms with Gasteiger partial charge >= 0.3 is 6.18 Å². The number of unbranched alkanes of at least 4 members (excludes halogenated alkanes) is 6. The molecular formula is C18H23F3S. The lowest BCUT2D eigenvalue weighted by Gasteiger charge is -2.06. The summed E-state index contributed by atoms with van der Waals surface area (Å²) >= 11 is 1.78. The van der Waals surface area contributed by atoms with Crippen LogP contribution in [0.5, 0.6) is 0 Å².